The first-order valence-electron chi connectivity index (χ1n) is 2.97. The molecule has 1 aromatic heterocycles. The number of halogens is 1. The third-order valence-corrected chi connectivity index (χ3v) is 1.54. The third-order valence-electron chi connectivity index (χ3n) is 1.07. The maximum absolute atomic E-state index is 6.50. The van der Waals surface area contributed by atoms with Crippen molar-refractivity contribution >= 4 is 22.0 Å². The number of pyridine rings is 1. The van der Waals surface area contributed by atoms with Crippen LogP contribution in [-0.2, 0) is 0 Å². The molecule has 0 radical (unpaired) electrons. The number of aromatic nitrogens is 1. The summed E-state index contributed by atoms with van der Waals surface area (Å²) in [4.78, 5) is 7.11. The Hall–Kier alpha value is -1.14. The summed E-state index contributed by atoms with van der Waals surface area (Å²) in [6.45, 7) is 6.50. The molecule has 0 unspecified atom stereocenters. The van der Waals surface area contributed by atoms with E-state index in [4.69, 9.17) is 6.57 Å². The lowest BCUT2D eigenvalue weighted by atomic mass is 10.3. The molecule has 54 valence electrons. The van der Waals surface area contributed by atoms with Crippen molar-refractivity contribution in [3.05, 3.63) is 46.1 Å². The van der Waals surface area contributed by atoms with Gasteiger partial charge in [0.2, 0.25) is 0 Å². The molecule has 0 atom stereocenters. The SMILES string of the molecule is [C-]#[N+]/C=C/c1ccc(Br)cn1. The van der Waals surface area contributed by atoms with Crippen LogP contribution in [0.1, 0.15) is 5.69 Å². The van der Waals surface area contributed by atoms with Crippen molar-refractivity contribution in [3.63, 3.8) is 0 Å². The van der Waals surface area contributed by atoms with E-state index in [0.717, 1.165) is 10.2 Å². The maximum atomic E-state index is 6.50. The van der Waals surface area contributed by atoms with Crippen LogP contribution in [0, 0.1) is 6.57 Å². The highest BCUT2D eigenvalue weighted by Gasteiger charge is 1.86. The van der Waals surface area contributed by atoms with E-state index in [1.54, 1.807) is 12.3 Å². The standard InChI is InChI=1S/C8H5BrN2/c1-10-5-4-8-3-2-7(9)6-11-8/h2-6H/b5-4+. The smallest absolute Gasteiger partial charge is 0.156 e. The van der Waals surface area contributed by atoms with Gasteiger partial charge in [0.15, 0.2) is 6.20 Å². The second kappa shape index (κ2) is 3.89. The van der Waals surface area contributed by atoms with E-state index in [0.29, 0.717) is 0 Å². The molecule has 0 aromatic carbocycles. The lowest BCUT2D eigenvalue weighted by Crippen LogP contribution is -1.76. The highest BCUT2D eigenvalue weighted by Crippen LogP contribution is 2.07. The van der Waals surface area contributed by atoms with Crippen molar-refractivity contribution in [2.24, 2.45) is 0 Å². The van der Waals surface area contributed by atoms with Crippen LogP contribution in [0.5, 0.6) is 0 Å². The molecule has 0 amide bonds. The van der Waals surface area contributed by atoms with Crippen LogP contribution in [0.2, 0.25) is 0 Å². The van der Waals surface area contributed by atoms with E-state index in [1.165, 1.54) is 6.20 Å². The van der Waals surface area contributed by atoms with Crippen molar-refractivity contribution in [1.82, 2.24) is 4.98 Å². The lowest BCUT2D eigenvalue weighted by Gasteiger charge is -1.90. The Morgan fingerprint density at radius 1 is 1.55 bits per heavy atom. The summed E-state index contributed by atoms with van der Waals surface area (Å²) in [7, 11) is 0. The van der Waals surface area contributed by atoms with Gasteiger partial charge in [-0.25, -0.2) is 4.85 Å². The van der Waals surface area contributed by atoms with Gasteiger partial charge in [-0.3, -0.25) is 4.98 Å². The highest BCUT2D eigenvalue weighted by atomic mass is 79.9. The Kier molecular flexibility index (Phi) is 2.82. The van der Waals surface area contributed by atoms with Gasteiger partial charge in [0.25, 0.3) is 0 Å². The van der Waals surface area contributed by atoms with E-state index >= 15 is 0 Å². The normalized spacial score (nSPS) is 9.82. The fourth-order valence-electron chi connectivity index (χ4n) is 0.599. The van der Waals surface area contributed by atoms with Crippen molar-refractivity contribution in [2.75, 3.05) is 0 Å². The minimum Gasteiger partial charge on any atom is -0.257 e. The molecule has 0 saturated heterocycles. The van der Waals surface area contributed by atoms with Gasteiger partial charge in [-0.15, -0.1) is 0 Å². The van der Waals surface area contributed by atoms with Crippen molar-refractivity contribution in [1.29, 1.82) is 0 Å². The quantitative estimate of drug-likeness (QED) is 0.650. The second-order valence-electron chi connectivity index (χ2n) is 1.85. The van der Waals surface area contributed by atoms with E-state index in [2.05, 4.69) is 25.8 Å². The number of hydrogen-bond acceptors (Lipinski definition) is 1. The van der Waals surface area contributed by atoms with Crippen molar-refractivity contribution in [2.45, 2.75) is 0 Å². The maximum Gasteiger partial charge on any atom is 0.156 e. The molecule has 1 heterocycles. The van der Waals surface area contributed by atoms with Crippen LogP contribution in [0.4, 0.5) is 0 Å². The number of hydrogen-bond donors (Lipinski definition) is 0. The molecule has 0 fully saturated rings. The minimum atomic E-state index is 0.796. The summed E-state index contributed by atoms with van der Waals surface area (Å²) in [6.07, 6.45) is 4.75. The Labute approximate surface area is 73.5 Å². The highest BCUT2D eigenvalue weighted by molar-refractivity contribution is 9.10. The van der Waals surface area contributed by atoms with Crippen LogP contribution in [0.3, 0.4) is 0 Å². The first-order valence-corrected chi connectivity index (χ1v) is 3.77. The molecule has 0 saturated carbocycles. The number of nitrogens with zero attached hydrogens (tertiary/aromatic N) is 2. The first-order chi connectivity index (χ1) is 5.33. The Balaban J connectivity index is 2.84. The summed E-state index contributed by atoms with van der Waals surface area (Å²) >= 11 is 3.27. The van der Waals surface area contributed by atoms with Gasteiger partial charge in [-0.1, -0.05) is 0 Å². The molecule has 0 aliphatic heterocycles. The van der Waals surface area contributed by atoms with Crippen LogP contribution in [0.15, 0.2) is 29.0 Å². The van der Waals surface area contributed by atoms with Crippen molar-refractivity contribution < 1.29 is 0 Å². The lowest BCUT2D eigenvalue weighted by molar-refractivity contribution is 1.28. The zero-order valence-corrected chi connectivity index (χ0v) is 7.25. The topological polar surface area (TPSA) is 17.2 Å². The minimum absolute atomic E-state index is 0.796. The van der Waals surface area contributed by atoms with E-state index in [1.807, 2.05) is 12.1 Å². The van der Waals surface area contributed by atoms with Gasteiger partial charge in [0.05, 0.1) is 12.3 Å². The summed E-state index contributed by atoms with van der Waals surface area (Å²) in [5, 5.41) is 0. The van der Waals surface area contributed by atoms with Gasteiger partial charge in [0.1, 0.15) is 0 Å². The largest absolute Gasteiger partial charge is 0.257 e. The Bertz CT molecular complexity index is 295. The third kappa shape index (κ3) is 2.52. The second-order valence-corrected chi connectivity index (χ2v) is 2.76. The molecule has 0 bridgehead atoms. The van der Waals surface area contributed by atoms with Crippen LogP contribution in [0.25, 0.3) is 10.9 Å². The first kappa shape index (κ1) is 7.96. The molecular weight excluding hydrogens is 204 g/mol. The summed E-state index contributed by atoms with van der Waals surface area (Å²) in [6, 6.07) is 3.72. The zero-order chi connectivity index (χ0) is 8.10. The van der Waals surface area contributed by atoms with Gasteiger partial charge < -0.3 is 0 Å². The molecule has 11 heavy (non-hydrogen) atoms. The zero-order valence-electron chi connectivity index (χ0n) is 5.66. The molecule has 0 aliphatic rings. The fraction of sp³-hybridized carbons (Fsp3) is 0. The van der Waals surface area contributed by atoms with Gasteiger partial charge in [-0.05, 0) is 34.1 Å². The van der Waals surface area contributed by atoms with E-state index in [-0.39, 0.29) is 0 Å². The molecule has 1 aromatic rings. The van der Waals surface area contributed by atoms with Crippen molar-refractivity contribution in [3.8, 4) is 0 Å². The molecular formula is C8H5BrN2. The fourth-order valence-corrected chi connectivity index (χ4v) is 0.834. The average molecular weight is 209 g/mol. The van der Waals surface area contributed by atoms with Crippen LogP contribution in [-0.4, -0.2) is 4.98 Å². The molecule has 2 nitrogen and oxygen atoms in total. The predicted octanol–water partition coefficient (Wildman–Crippen LogP) is 2.73. The van der Waals surface area contributed by atoms with Gasteiger partial charge in [0, 0.05) is 10.7 Å². The van der Waals surface area contributed by atoms with Gasteiger partial charge in [-0.2, -0.15) is 0 Å². The summed E-state index contributed by atoms with van der Waals surface area (Å²) in [5.41, 5.74) is 0.796. The summed E-state index contributed by atoms with van der Waals surface area (Å²) in [5.74, 6) is 0. The molecule has 3 heteroatoms. The van der Waals surface area contributed by atoms with E-state index < -0.39 is 0 Å². The molecule has 0 spiro atoms. The predicted molar refractivity (Wildman–Crippen MR) is 47.6 cm³/mol. The number of rotatable bonds is 1. The Morgan fingerprint density at radius 3 is 2.91 bits per heavy atom. The Morgan fingerprint density at radius 2 is 2.36 bits per heavy atom. The molecule has 0 aliphatic carbocycles. The van der Waals surface area contributed by atoms with E-state index in [9.17, 15) is 0 Å². The molecule has 0 N–H and O–H groups in total. The van der Waals surface area contributed by atoms with Gasteiger partial charge >= 0.3 is 0 Å². The van der Waals surface area contributed by atoms with Crippen LogP contribution < -0.4 is 0 Å². The average Bonchev–Trinajstić information content (AvgIpc) is 2.04. The van der Waals surface area contributed by atoms with Crippen LogP contribution >= 0.6 is 15.9 Å². The summed E-state index contributed by atoms with van der Waals surface area (Å²) < 4.78 is 0.942. The molecule has 1 rings (SSSR count). The monoisotopic (exact) mass is 208 g/mol.